The second kappa shape index (κ2) is 12.8. The SMILES string of the molecule is CC(C)(C)NC(=O)[C@@H](Cc1ccccc1)N(Cc1ccccc1F)C(=O)CN(c1ccc2c(c1)OCCO2)S(C)(=O)=O. The lowest BCUT2D eigenvalue weighted by atomic mass is 10.0. The van der Waals surface area contributed by atoms with Crippen LogP contribution in [0.25, 0.3) is 0 Å². The molecule has 0 unspecified atom stereocenters. The number of ether oxygens (including phenoxy) is 2. The van der Waals surface area contributed by atoms with Gasteiger partial charge >= 0.3 is 0 Å². The molecule has 0 spiro atoms. The average Bonchev–Trinajstić information content (AvgIpc) is 2.93. The molecular formula is C31H36FN3O6S. The van der Waals surface area contributed by atoms with Gasteiger partial charge in [-0.05, 0) is 44.5 Å². The lowest BCUT2D eigenvalue weighted by Gasteiger charge is -2.35. The van der Waals surface area contributed by atoms with Gasteiger partial charge in [-0.1, -0.05) is 48.5 Å². The van der Waals surface area contributed by atoms with Crippen LogP contribution in [0.1, 0.15) is 31.9 Å². The summed E-state index contributed by atoms with van der Waals surface area (Å²) in [5, 5.41) is 2.94. The Morgan fingerprint density at radius 2 is 1.60 bits per heavy atom. The van der Waals surface area contributed by atoms with Gasteiger partial charge in [0.05, 0.1) is 11.9 Å². The number of benzene rings is 3. The van der Waals surface area contributed by atoms with E-state index in [9.17, 15) is 22.4 Å². The van der Waals surface area contributed by atoms with Gasteiger partial charge in [-0.2, -0.15) is 0 Å². The van der Waals surface area contributed by atoms with Crippen molar-refractivity contribution < 1.29 is 31.9 Å². The fourth-order valence-corrected chi connectivity index (χ4v) is 5.46. The number of carbonyl (C=O) groups is 2. The molecule has 3 aromatic carbocycles. The Labute approximate surface area is 246 Å². The first kappa shape index (κ1) is 30.8. The summed E-state index contributed by atoms with van der Waals surface area (Å²) in [6, 6.07) is 18.7. The third-order valence-corrected chi connectivity index (χ3v) is 7.70. The fourth-order valence-electron chi connectivity index (χ4n) is 4.62. The molecule has 1 atom stereocenters. The molecule has 42 heavy (non-hydrogen) atoms. The van der Waals surface area contributed by atoms with Gasteiger partial charge in [-0.15, -0.1) is 0 Å². The van der Waals surface area contributed by atoms with Crippen molar-refractivity contribution in [2.45, 2.75) is 45.3 Å². The van der Waals surface area contributed by atoms with Crippen molar-refractivity contribution in [1.29, 1.82) is 0 Å². The highest BCUT2D eigenvalue weighted by Gasteiger charge is 2.35. The lowest BCUT2D eigenvalue weighted by molar-refractivity contribution is -0.140. The Morgan fingerprint density at radius 3 is 2.24 bits per heavy atom. The highest BCUT2D eigenvalue weighted by atomic mass is 32.2. The van der Waals surface area contributed by atoms with E-state index in [1.807, 2.05) is 51.1 Å². The number of fused-ring (bicyclic) bond motifs is 1. The Balaban J connectivity index is 1.75. The number of amides is 2. The summed E-state index contributed by atoms with van der Waals surface area (Å²) in [6.07, 6.45) is 1.12. The molecule has 1 aliphatic heterocycles. The molecule has 9 nitrogen and oxygen atoms in total. The van der Waals surface area contributed by atoms with Crippen LogP contribution in [0.3, 0.4) is 0 Å². The quantitative estimate of drug-likeness (QED) is 0.380. The minimum Gasteiger partial charge on any atom is -0.486 e. The number of rotatable bonds is 10. The van der Waals surface area contributed by atoms with Crippen LogP contribution in [0, 0.1) is 5.82 Å². The molecule has 224 valence electrons. The smallest absolute Gasteiger partial charge is 0.244 e. The molecule has 3 aromatic rings. The van der Waals surface area contributed by atoms with E-state index in [2.05, 4.69) is 5.32 Å². The van der Waals surface area contributed by atoms with Gasteiger partial charge < -0.3 is 19.7 Å². The number of nitrogens with zero attached hydrogens (tertiary/aromatic N) is 2. The van der Waals surface area contributed by atoms with Gasteiger partial charge in [-0.3, -0.25) is 13.9 Å². The van der Waals surface area contributed by atoms with Gasteiger partial charge in [0.25, 0.3) is 0 Å². The van der Waals surface area contributed by atoms with Crippen molar-refractivity contribution >= 4 is 27.5 Å². The first-order valence-corrected chi connectivity index (χ1v) is 15.4. The van der Waals surface area contributed by atoms with E-state index in [0.29, 0.717) is 24.7 Å². The fraction of sp³-hybridized carbons (Fsp3) is 0.355. The number of nitrogens with one attached hydrogen (secondary N) is 1. The number of hydrogen-bond donors (Lipinski definition) is 1. The Kier molecular flexibility index (Phi) is 9.40. The molecule has 2 amide bonds. The minimum absolute atomic E-state index is 0.131. The Bertz CT molecular complexity index is 1530. The van der Waals surface area contributed by atoms with Crippen molar-refractivity contribution in [1.82, 2.24) is 10.2 Å². The summed E-state index contributed by atoms with van der Waals surface area (Å²) in [6.45, 7) is 5.25. The third kappa shape index (κ3) is 8.00. The van der Waals surface area contributed by atoms with Gasteiger partial charge in [0, 0.05) is 30.1 Å². The summed E-state index contributed by atoms with van der Waals surface area (Å²) in [4.78, 5) is 29.1. The van der Waals surface area contributed by atoms with Crippen LogP contribution in [0.4, 0.5) is 10.1 Å². The van der Waals surface area contributed by atoms with Crippen LogP contribution in [0.15, 0.2) is 72.8 Å². The molecule has 4 rings (SSSR count). The molecule has 0 bridgehead atoms. The summed E-state index contributed by atoms with van der Waals surface area (Å²) >= 11 is 0. The van der Waals surface area contributed by atoms with Gasteiger partial charge in [0.2, 0.25) is 21.8 Å². The van der Waals surface area contributed by atoms with Crippen molar-refractivity contribution in [3.05, 3.63) is 89.7 Å². The highest BCUT2D eigenvalue weighted by Crippen LogP contribution is 2.35. The molecule has 11 heteroatoms. The summed E-state index contributed by atoms with van der Waals surface area (Å²) in [5.74, 6) is -0.844. The third-order valence-electron chi connectivity index (χ3n) is 6.56. The summed E-state index contributed by atoms with van der Waals surface area (Å²) in [7, 11) is -3.97. The molecule has 0 aliphatic carbocycles. The average molecular weight is 598 g/mol. The van der Waals surface area contributed by atoms with E-state index in [1.54, 1.807) is 12.1 Å². The van der Waals surface area contributed by atoms with Crippen molar-refractivity contribution in [2.24, 2.45) is 0 Å². The second-order valence-electron chi connectivity index (χ2n) is 11.2. The zero-order valence-electron chi connectivity index (χ0n) is 24.2. The number of sulfonamides is 1. The Hall–Kier alpha value is -4.12. The van der Waals surface area contributed by atoms with Gasteiger partial charge in [0.1, 0.15) is 31.6 Å². The molecule has 0 saturated heterocycles. The van der Waals surface area contributed by atoms with E-state index < -0.39 is 45.8 Å². The first-order chi connectivity index (χ1) is 19.8. The van der Waals surface area contributed by atoms with Crippen LogP contribution >= 0.6 is 0 Å². The number of anilines is 1. The van der Waals surface area contributed by atoms with E-state index >= 15 is 0 Å². The highest BCUT2D eigenvalue weighted by molar-refractivity contribution is 7.92. The topological polar surface area (TPSA) is 105 Å². The molecule has 0 aromatic heterocycles. The molecule has 1 N–H and O–H groups in total. The minimum atomic E-state index is -3.97. The van der Waals surface area contributed by atoms with Crippen LogP contribution in [0.5, 0.6) is 11.5 Å². The zero-order valence-corrected chi connectivity index (χ0v) is 25.0. The molecule has 1 aliphatic rings. The maximum absolute atomic E-state index is 14.9. The van der Waals surface area contributed by atoms with Crippen LogP contribution in [-0.2, 0) is 32.6 Å². The van der Waals surface area contributed by atoms with E-state index in [1.165, 1.54) is 35.2 Å². The lowest BCUT2D eigenvalue weighted by Crippen LogP contribution is -2.56. The molecule has 1 heterocycles. The van der Waals surface area contributed by atoms with Gasteiger partial charge in [0.15, 0.2) is 11.5 Å². The van der Waals surface area contributed by atoms with Crippen molar-refractivity contribution in [2.75, 3.05) is 30.3 Å². The van der Waals surface area contributed by atoms with Crippen LogP contribution in [0.2, 0.25) is 0 Å². The van der Waals surface area contributed by atoms with E-state index in [0.717, 1.165) is 16.1 Å². The number of halogens is 1. The molecular weight excluding hydrogens is 561 g/mol. The summed E-state index contributed by atoms with van der Waals surface area (Å²) in [5.41, 5.74) is 0.546. The molecule has 0 saturated carbocycles. The van der Waals surface area contributed by atoms with Crippen molar-refractivity contribution in [3.8, 4) is 11.5 Å². The predicted octanol–water partition coefficient (Wildman–Crippen LogP) is 3.92. The maximum Gasteiger partial charge on any atom is 0.244 e. The van der Waals surface area contributed by atoms with Crippen LogP contribution < -0.4 is 19.1 Å². The van der Waals surface area contributed by atoms with Crippen LogP contribution in [-0.4, -0.2) is 62.7 Å². The standard InChI is InChI=1S/C31H36FN3O6S/c1-31(2,3)33-30(37)26(18-22-10-6-5-7-11-22)34(20-23-12-8-9-13-25(23)32)29(36)21-35(42(4,38)39)24-14-15-27-28(19-24)41-17-16-40-27/h5-15,19,26H,16-18,20-21H2,1-4H3,(H,33,37)/t26-/m1/s1. The molecule has 0 radical (unpaired) electrons. The number of hydrogen-bond acceptors (Lipinski definition) is 6. The van der Waals surface area contributed by atoms with E-state index in [-0.39, 0.29) is 24.2 Å². The second-order valence-corrected chi connectivity index (χ2v) is 13.1. The largest absolute Gasteiger partial charge is 0.486 e. The zero-order chi connectivity index (χ0) is 30.5. The predicted molar refractivity (Wildman–Crippen MR) is 158 cm³/mol. The molecule has 0 fully saturated rings. The monoisotopic (exact) mass is 597 g/mol. The van der Waals surface area contributed by atoms with Gasteiger partial charge in [-0.25, -0.2) is 12.8 Å². The normalized spacial score (nSPS) is 13.6. The maximum atomic E-state index is 14.9. The Morgan fingerprint density at radius 1 is 0.952 bits per heavy atom. The van der Waals surface area contributed by atoms with Crippen molar-refractivity contribution in [3.63, 3.8) is 0 Å². The number of carbonyl (C=O) groups excluding carboxylic acids is 2. The summed E-state index contributed by atoms with van der Waals surface area (Å²) < 4.78 is 53.0. The van der Waals surface area contributed by atoms with E-state index in [4.69, 9.17) is 9.47 Å². The first-order valence-electron chi connectivity index (χ1n) is 13.6.